The molecule has 2 rings (SSSR count). The van der Waals surface area contributed by atoms with Crippen LogP contribution in [0.5, 0.6) is 0 Å². The van der Waals surface area contributed by atoms with Crippen molar-refractivity contribution in [2.75, 3.05) is 5.75 Å². The minimum Gasteiger partial charge on any atom is -0.298 e. The van der Waals surface area contributed by atoms with Crippen molar-refractivity contribution < 1.29 is 0 Å². The summed E-state index contributed by atoms with van der Waals surface area (Å²) >= 11 is 1.70. The summed E-state index contributed by atoms with van der Waals surface area (Å²) in [5.41, 5.74) is 1.09. The van der Waals surface area contributed by atoms with Crippen LogP contribution in [0.15, 0.2) is 48.1 Å². The van der Waals surface area contributed by atoms with Gasteiger partial charge in [-0.2, -0.15) is 0 Å². The van der Waals surface area contributed by atoms with Crippen molar-refractivity contribution in [2.45, 2.75) is 18.6 Å². The van der Waals surface area contributed by atoms with Gasteiger partial charge in [0.2, 0.25) is 0 Å². The molecule has 0 fully saturated rings. The molecule has 0 aliphatic carbocycles. The lowest BCUT2D eigenvalue weighted by Crippen LogP contribution is -2.00. The summed E-state index contributed by atoms with van der Waals surface area (Å²) in [5.74, 6) is 1.89. The van der Waals surface area contributed by atoms with Gasteiger partial charge < -0.3 is 0 Å². The molecule has 1 aromatic heterocycles. The van der Waals surface area contributed by atoms with E-state index in [0.717, 1.165) is 28.8 Å². The molecule has 0 unspecified atom stereocenters. The van der Waals surface area contributed by atoms with Gasteiger partial charge in [0.05, 0.1) is 0 Å². The normalized spacial score (nSPS) is 10.4. The van der Waals surface area contributed by atoms with E-state index in [9.17, 15) is 0 Å². The zero-order valence-corrected chi connectivity index (χ0v) is 10.7. The Labute approximate surface area is 106 Å². The SMILES string of the molecule is C=CCn1c(SCC)nnc1-c1ccccc1. The lowest BCUT2D eigenvalue weighted by Gasteiger charge is -2.06. The molecule has 17 heavy (non-hydrogen) atoms. The summed E-state index contributed by atoms with van der Waals surface area (Å²) in [5, 5.41) is 9.45. The predicted octanol–water partition coefficient (Wildman–Crippen LogP) is 3.24. The van der Waals surface area contributed by atoms with E-state index in [2.05, 4.69) is 28.3 Å². The Kier molecular flexibility index (Phi) is 3.98. The summed E-state index contributed by atoms with van der Waals surface area (Å²) in [7, 11) is 0. The van der Waals surface area contributed by atoms with Crippen LogP contribution in [0.1, 0.15) is 6.92 Å². The molecule has 0 amide bonds. The van der Waals surface area contributed by atoms with Gasteiger partial charge in [-0.1, -0.05) is 55.1 Å². The highest BCUT2D eigenvalue weighted by atomic mass is 32.2. The number of thioether (sulfide) groups is 1. The molecule has 3 nitrogen and oxygen atoms in total. The maximum atomic E-state index is 4.27. The molecule has 0 N–H and O–H groups in total. The van der Waals surface area contributed by atoms with Crippen molar-refractivity contribution in [1.82, 2.24) is 14.8 Å². The Morgan fingerprint density at radius 3 is 2.71 bits per heavy atom. The molecule has 1 aromatic carbocycles. The van der Waals surface area contributed by atoms with Crippen LogP contribution >= 0.6 is 11.8 Å². The zero-order chi connectivity index (χ0) is 12.1. The summed E-state index contributed by atoms with van der Waals surface area (Å²) in [4.78, 5) is 0. The topological polar surface area (TPSA) is 30.7 Å². The molecular weight excluding hydrogens is 230 g/mol. The average molecular weight is 245 g/mol. The van der Waals surface area contributed by atoms with Gasteiger partial charge in [0, 0.05) is 12.1 Å². The number of nitrogens with zero attached hydrogens (tertiary/aromatic N) is 3. The molecule has 4 heteroatoms. The minimum absolute atomic E-state index is 0.736. The molecule has 2 aromatic rings. The third kappa shape index (κ3) is 2.58. The third-order valence-electron chi connectivity index (χ3n) is 2.33. The van der Waals surface area contributed by atoms with Gasteiger partial charge in [-0.15, -0.1) is 16.8 Å². The Morgan fingerprint density at radius 1 is 1.29 bits per heavy atom. The summed E-state index contributed by atoms with van der Waals surface area (Å²) < 4.78 is 2.09. The van der Waals surface area contributed by atoms with E-state index in [1.807, 2.05) is 36.4 Å². The monoisotopic (exact) mass is 245 g/mol. The lowest BCUT2D eigenvalue weighted by atomic mass is 10.2. The molecule has 0 saturated carbocycles. The number of benzene rings is 1. The van der Waals surface area contributed by atoms with E-state index >= 15 is 0 Å². The Morgan fingerprint density at radius 2 is 2.06 bits per heavy atom. The quantitative estimate of drug-likeness (QED) is 0.598. The summed E-state index contributed by atoms with van der Waals surface area (Å²) in [6.45, 7) is 6.63. The van der Waals surface area contributed by atoms with E-state index in [1.54, 1.807) is 11.8 Å². The first kappa shape index (κ1) is 11.9. The summed E-state index contributed by atoms with van der Waals surface area (Å²) in [6, 6.07) is 10.1. The highest BCUT2D eigenvalue weighted by molar-refractivity contribution is 7.99. The van der Waals surface area contributed by atoms with E-state index in [-0.39, 0.29) is 0 Å². The number of rotatable bonds is 5. The van der Waals surface area contributed by atoms with Crippen molar-refractivity contribution in [1.29, 1.82) is 0 Å². The van der Waals surface area contributed by atoms with Crippen LogP contribution < -0.4 is 0 Å². The maximum absolute atomic E-state index is 4.27. The predicted molar refractivity (Wildman–Crippen MR) is 72.1 cm³/mol. The first-order chi connectivity index (χ1) is 8.36. The Bertz CT molecular complexity index is 491. The first-order valence-corrected chi connectivity index (χ1v) is 6.57. The largest absolute Gasteiger partial charge is 0.298 e. The highest BCUT2D eigenvalue weighted by Gasteiger charge is 2.11. The van der Waals surface area contributed by atoms with Crippen LogP contribution in [0.4, 0.5) is 0 Å². The molecule has 0 spiro atoms. The van der Waals surface area contributed by atoms with Gasteiger partial charge in [0.1, 0.15) is 0 Å². The molecule has 1 heterocycles. The Hall–Kier alpha value is -1.55. The van der Waals surface area contributed by atoms with Crippen molar-refractivity contribution >= 4 is 11.8 Å². The van der Waals surface area contributed by atoms with Crippen LogP contribution in [-0.2, 0) is 6.54 Å². The second-order valence-electron chi connectivity index (χ2n) is 3.50. The van der Waals surface area contributed by atoms with Gasteiger partial charge in [0.25, 0.3) is 0 Å². The van der Waals surface area contributed by atoms with Crippen molar-refractivity contribution in [3.05, 3.63) is 43.0 Å². The molecule has 0 aliphatic rings. The zero-order valence-electron chi connectivity index (χ0n) is 9.84. The molecule has 88 valence electrons. The van der Waals surface area contributed by atoms with Crippen LogP contribution in [0.3, 0.4) is 0 Å². The van der Waals surface area contributed by atoms with Gasteiger partial charge >= 0.3 is 0 Å². The lowest BCUT2D eigenvalue weighted by molar-refractivity contribution is 0.731. The second kappa shape index (κ2) is 5.68. The fourth-order valence-corrected chi connectivity index (χ4v) is 2.29. The van der Waals surface area contributed by atoms with Gasteiger partial charge in [-0.3, -0.25) is 4.57 Å². The standard InChI is InChI=1S/C13H15N3S/c1-3-10-16-12(11-8-6-5-7-9-11)14-15-13(16)17-4-2/h3,5-9H,1,4,10H2,2H3. The fourth-order valence-electron chi connectivity index (χ4n) is 1.62. The molecule has 0 radical (unpaired) electrons. The molecule has 0 bridgehead atoms. The van der Waals surface area contributed by atoms with Crippen LogP contribution in [-0.4, -0.2) is 20.5 Å². The van der Waals surface area contributed by atoms with Crippen LogP contribution in [0.2, 0.25) is 0 Å². The van der Waals surface area contributed by atoms with Crippen molar-refractivity contribution in [2.24, 2.45) is 0 Å². The van der Waals surface area contributed by atoms with Crippen molar-refractivity contribution in [3.63, 3.8) is 0 Å². The summed E-state index contributed by atoms with van der Waals surface area (Å²) in [6.07, 6.45) is 1.87. The van der Waals surface area contributed by atoms with Gasteiger partial charge in [-0.25, -0.2) is 0 Å². The average Bonchev–Trinajstić information content (AvgIpc) is 2.75. The second-order valence-corrected chi connectivity index (χ2v) is 4.74. The van der Waals surface area contributed by atoms with E-state index in [4.69, 9.17) is 0 Å². The highest BCUT2D eigenvalue weighted by Crippen LogP contribution is 2.23. The maximum Gasteiger partial charge on any atom is 0.191 e. The van der Waals surface area contributed by atoms with E-state index in [0.29, 0.717) is 0 Å². The Balaban J connectivity index is 2.43. The smallest absolute Gasteiger partial charge is 0.191 e. The van der Waals surface area contributed by atoms with E-state index in [1.165, 1.54) is 0 Å². The van der Waals surface area contributed by atoms with Crippen molar-refractivity contribution in [3.8, 4) is 11.4 Å². The first-order valence-electron chi connectivity index (χ1n) is 5.59. The van der Waals surface area contributed by atoms with Crippen LogP contribution in [0.25, 0.3) is 11.4 Å². The molecule has 0 aliphatic heterocycles. The van der Waals surface area contributed by atoms with Crippen LogP contribution in [0, 0.1) is 0 Å². The number of aromatic nitrogens is 3. The minimum atomic E-state index is 0.736. The number of hydrogen-bond acceptors (Lipinski definition) is 3. The fraction of sp³-hybridized carbons (Fsp3) is 0.231. The molecule has 0 atom stereocenters. The van der Waals surface area contributed by atoms with Gasteiger partial charge in [-0.05, 0) is 5.75 Å². The van der Waals surface area contributed by atoms with Gasteiger partial charge in [0.15, 0.2) is 11.0 Å². The number of allylic oxidation sites excluding steroid dienone is 1. The van der Waals surface area contributed by atoms with E-state index < -0.39 is 0 Å². The molecule has 0 saturated heterocycles. The molecular formula is C13H15N3S. The number of hydrogen-bond donors (Lipinski definition) is 0. The third-order valence-corrected chi connectivity index (χ3v) is 3.18.